The number of aromatic nitrogens is 4. The maximum Gasteiger partial charge on any atom is 0.300 e. The summed E-state index contributed by atoms with van der Waals surface area (Å²) in [6.45, 7) is 3.89. The van der Waals surface area contributed by atoms with E-state index in [0.717, 1.165) is 50.5 Å². The lowest BCUT2D eigenvalue weighted by molar-refractivity contribution is -0.134. The highest BCUT2D eigenvalue weighted by atomic mass is 16.4. The van der Waals surface area contributed by atoms with Gasteiger partial charge in [0, 0.05) is 37.0 Å². The third-order valence-electron chi connectivity index (χ3n) is 4.62. The number of carboxylic acid groups (broad SMARTS) is 1. The Bertz CT molecular complexity index is 977. The molecule has 152 valence electrons. The average Bonchev–Trinajstić information content (AvgIpc) is 3.20. The van der Waals surface area contributed by atoms with Crippen LogP contribution in [0.3, 0.4) is 0 Å². The number of hydrogen-bond acceptors (Lipinski definition) is 6. The Balaban J connectivity index is 0.000000552. The fraction of sp³-hybridized carbons (Fsp3) is 0.350. The Labute approximate surface area is 168 Å². The number of carboxylic acids is 1. The van der Waals surface area contributed by atoms with Crippen molar-refractivity contribution >= 4 is 17.7 Å². The predicted octanol–water partition coefficient (Wildman–Crippen LogP) is 1.61. The molecule has 0 saturated carbocycles. The highest BCUT2D eigenvalue weighted by Gasteiger charge is 2.15. The van der Waals surface area contributed by atoms with E-state index >= 15 is 0 Å². The summed E-state index contributed by atoms with van der Waals surface area (Å²) >= 11 is 0. The third-order valence-corrected chi connectivity index (χ3v) is 4.62. The number of aliphatic carboxylic acids is 1. The van der Waals surface area contributed by atoms with E-state index in [1.807, 2.05) is 30.5 Å². The van der Waals surface area contributed by atoms with Crippen molar-refractivity contribution in [3.05, 3.63) is 48.5 Å². The van der Waals surface area contributed by atoms with Gasteiger partial charge in [-0.15, -0.1) is 10.2 Å². The van der Waals surface area contributed by atoms with Crippen LogP contribution in [0.4, 0.5) is 0 Å². The molecule has 1 aliphatic heterocycles. The quantitative estimate of drug-likeness (QED) is 0.612. The van der Waals surface area contributed by atoms with Gasteiger partial charge in [0.1, 0.15) is 6.33 Å². The summed E-state index contributed by atoms with van der Waals surface area (Å²) in [5, 5.41) is 21.6. The standard InChI is InChI=1S/C18H20N6O.C2H4O2/c25-17(20-9-13-4-6-19-7-5-13)15-3-1-2-14(8-15)16-10-21-18-23-22-12-24(18)11-16;1-2(3)4/h1-3,8,10-13,19H,4-7,9H2,(H,20,25);1H3,(H,3,4). The van der Waals surface area contributed by atoms with Gasteiger partial charge in [-0.2, -0.15) is 0 Å². The second-order valence-corrected chi connectivity index (χ2v) is 6.88. The van der Waals surface area contributed by atoms with Crippen LogP contribution in [0.2, 0.25) is 0 Å². The molecule has 1 fully saturated rings. The van der Waals surface area contributed by atoms with Crippen LogP contribution < -0.4 is 10.6 Å². The van der Waals surface area contributed by atoms with Gasteiger partial charge < -0.3 is 15.7 Å². The molecule has 0 unspecified atom stereocenters. The zero-order valence-corrected chi connectivity index (χ0v) is 16.2. The van der Waals surface area contributed by atoms with E-state index in [2.05, 4.69) is 25.8 Å². The monoisotopic (exact) mass is 396 g/mol. The van der Waals surface area contributed by atoms with Gasteiger partial charge in [0.25, 0.3) is 17.7 Å². The van der Waals surface area contributed by atoms with Crippen molar-refractivity contribution in [1.82, 2.24) is 30.2 Å². The lowest BCUT2D eigenvalue weighted by Gasteiger charge is -2.22. The van der Waals surface area contributed by atoms with Crippen LogP contribution in [0, 0.1) is 5.92 Å². The van der Waals surface area contributed by atoms with Gasteiger partial charge in [-0.05, 0) is 49.5 Å². The number of fused-ring (bicyclic) bond motifs is 1. The van der Waals surface area contributed by atoms with Crippen LogP contribution in [0.15, 0.2) is 43.0 Å². The van der Waals surface area contributed by atoms with E-state index in [1.54, 1.807) is 16.9 Å². The van der Waals surface area contributed by atoms with Gasteiger partial charge in [0.15, 0.2) is 0 Å². The highest BCUT2D eigenvalue weighted by molar-refractivity contribution is 5.95. The molecule has 4 rings (SSSR count). The summed E-state index contributed by atoms with van der Waals surface area (Å²) in [4.78, 5) is 25.7. The molecule has 0 bridgehead atoms. The lowest BCUT2D eigenvalue weighted by Crippen LogP contribution is -2.35. The van der Waals surface area contributed by atoms with Crippen molar-refractivity contribution in [1.29, 1.82) is 0 Å². The number of carbonyl (C=O) groups is 2. The summed E-state index contributed by atoms with van der Waals surface area (Å²) in [5.74, 6) is 0.257. The number of amides is 1. The SMILES string of the molecule is CC(=O)O.O=C(NCC1CCNCC1)c1cccc(-c2cnc3nncn3c2)c1. The summed E-state index contributed by atoms with van der Waals surface area (Å²) in [6, 6.07) is 7.60. The van der Waals surface area contributed by atoms with Crippen molar-refractivity contribution in [2.24, 2.45) is 5.92 Å². The van der Waals surface area contributed by atoms with Crippen LogP contribution in [0.1, 0.15) is 30.1 Å². The molecule has 2 aromatic heterocycles. The van der Waals surface area contributed by atoms with E-state index in [1.165, 1.54) is 0 Å². The molecule has 3 aromatic rings. The Morgan fingerprint density at radius 2 is 2.03 bits per heavy atom. The average molecular weight is 396 g/mol. The minimum Gasteiger partial charge on any atom is -0.481 e. The molecule has 0 atom stereocenters. The fourth-order valence-corrected chi connectivity index (χ4v) is 3.14. The Morgan fingerprint density at radius 3 is 2.79 bits per heavy atom. The first-order valence-corrected chi connectivity index (χ1v) is 9.47. The highest BCUT2D eigenvalue weighted by Crippen LogP contribution is 2.20. The number of piperidine rings is 1. The maximum atomic E-state index is 12.5. The molecule has 0 radical (unpaired) electrons. The fourth-order valence-electron chi connectivity index (χ4n) is 3.14. The third kappa shape index (κ3) is 5.82. The summed E-state index contributed by atoms with van der Waals surface area (Å²) in [7, 11) is 0. The minimum atomic E-state index is -0.833. The predicted molar refractivity (Wildman–Crippen MR) is 107 cm³/mol. The lowest BCUT2D eigenvalue weighted by atomic mass is 9.98. The van der Waals surface area contributed by atoms with Gasteiger partial charge >= 0.3 is 0 Å². The molecule has 9 heteroatoms. The van der Waals surface area contributed by atoms with Crippen LogP contribution in [0.25, 0.3) is 16.9 Å². The smallest absolute Gasteiger partial charge is 0.300 e. The van der Waals surface area contributed by atoms with Crippen LogP contribution in [-0.2, 0) is 4.79 Å². The molecule has 3 N–H and O–H groups in total. The van der Waals surface area contributed by atoms with E-state index in [9.17, 15) is 4.79 Å². The van der Waals surface area contributed by atoms with E-state index in [-0.39, 0.29) is 5.91 Å². The largest absolute Gasteiger partial charge is 0.481 e. The van der Waals surface area contributed by atoms with E-state index in [4.69, 9.17) is 9.90 Å². The molecule has 1 saturated heterocycles. The number of rotatable bonds is 4. The first-order valence-electron chi connectivity index (χ1n) is 9.47. The van der Waals surface area contributed by atoms with Crippen molar-refractivity contribution in [2.75, 3.05) is 19.6 Å². The molecule has 3 heterocycles. The minimum absolute atomic E-state index is 0.0290. The molecule has 29 heavy (non-hydrogen) atoms. The molecule has 0 aliphatic carbocycles. The van der Waals surface area contributed by atoms with Gasteiger partial charge in [-0.3, -0.25) is 14.0 Å². The summed E-state index contributed by atoms with van der Waals surface area (Å²) in [6.07, 6.45) is 7.50. The first-order chi connectivity index (χ1) is 14.0. The van der Waals surface area contributed by atoms with Crippen molar-refractivity contribution in [3.63, 3.8) is 0 Å². The van der Waals surface area contributed by atoms with Gasteiger partial charge in [-0.1, -0.05) is 12.1 Å². The van der Waals surface area contributed by atoms with E-state index < -0.39 is 5.97 Å². The number of benzene rings is 1. The zero-order valence-electron chi connectivity index (χ0n) is 16.2. The second kappa shape index (κ2) is 9.74. The van der Waals surface area contributed by atoms with Crippen molar-refractivity contribution in [2.45, 2.75) is 19.8 Å². The van der Waals surface area contributed by atoms with Crippen LogP contribution in [0.5, 0.6) is 0 Å². The van der Waals surface area contributed by atoms with Crippen molar-refractivity contribution < 1.29 is 14.7 Å². The number of nitrogens with zero attached hydrogens (tertiary/aromatic N) is 4. The van der Waals surface area contributed by atoms with Gasteiger partial charge in [-0.25, -0.2) is 4.98 Å². The molecule has 1 aromatic carbocycles. The Hall–Kier alpha value is -3.33. The number of hydrogen-bond donors (Lipinski definition) is 3. The first kappa shape index (κ1) is 20.4. The number of nitrogens with one attached hydrogen (secondary N) is 2. The molecule has 1 amide bonds. The summed E-state index contributed by atoms with van der Waals surface area (Å²) in [5.41, 5.74) is 2.52. The van der Waals surface area contributed by atoms with E-state index in [0.29, 0.717) is 17.3 Å². The second-order valence-electron chi connectivity index (χ2n) is 6.88. The molecular weight excluding hydrogens is 372 g/mol. The van der Waals surface area contributed by atoms with Gasteiger partial charge in [0.2, 0.25) is 0 Å². The molecule has 1 aliphatic rings. The zero-order chi connectivity index (χ0) is 20.6. The Kier molecular flexibility index (Phi) is 6.85. The normalized spacial score (nSPS) is 14.1. The topological polar surface area (TPSA) is 122 Å². The molecule has 0 spiro atoms. The molecular formula is C20H24N6O3. The Morgan fingerprint density at radius 1 is 1.28 bits per heavy atom. The maximum absolute atomic E-state index is 12.5. The van der Waals surface area contributed by atoms with Gasteiger partial charge in [0.05, 0.1) is 0 Å². The van der Waals surface area contributed by atoms with Crippen LogP contribution in [-0.4, -0.2) is 56.2 Å². The number of carbonyl (C=O) groups excluding carboxylic acids is 1. The van der Waals surface area contributed by atoms with Crippen LogP contribution >= 0.6 is 0 Å². The van der Waals surface area contributed by atoms with Crippen molar-refractivity contribution in [3.8, 4) is 11.1 Å². The molecule has 9 nitrogen and oxygen atoms in total. The summed E-state index contributed by atoms with van der Waals surface area (Å²) < 4.78 is 1.76.